The molecule has 1 aliphatic heterocycles. The Balaban J connectivity index is 1.87. The van der Waals surface area contributed by atoms with Gasteiger partial charge in [-0.1, -0.05) is 6.07 Å². The second kappa shape index (κ2) is 5.27. The number of nitrogens with zero attached hydrogens (tertiary/aromatic N) is 2. The summed E-state index contributed by atoms with van der Waals surface area (Å²) < 4.78 is 5.35. The fourth-order valence-electron chi connectivity index (χ4n) is 2.12. The quantitative estimate of drug-likeness (QED) is 0.835. The minimum absolute atomic E-state index is 0.435. The van der Waals surface area contributed by atoms with Crippen LogP contribution >= 0.6 is 0 Å². The number of rotatable bonds is 3. The second-order valence-electron chi connectivity index (χ2n) is 4.26. The van der Waals surface area contributed by atoms with Crippen LogP contribution in [0.4, 0.5) is 5.82 Å². The number of aromatic nitrogens is 1. The number of ether oxygens (including phenoxy) is 1. The molecule has 0 unspecified atom stereocenters. The molecule has 2 N–H and O–H groups in total. The van der Waals surface area contributed by atoms with Gasteiger partial charge in [0.1, 0.15) is 5.82 Å². The Kier molecular flexibility index (Phi) is 3.74. The Bertz CT molecular complexity index is 335. The SMILES string of the molecule is COC1CCN(Cc2cccc(N)n2)CC1. The average molecular weight is 221 g/mol. The molecule has 1 aromatic rings. The lowest BCUT2D eigenvalue weighted by Gasteiger charge is -2.30. The van der Waals surface area contributed by atoms with Gasteiger partial charge in [0.2, 0.25) is 0 Å². The summed E-state index contributed by atoms with van der Waals surface area (Å²) in [4.78, 5) is 6.71. The molecule has 1 aromatic heterocycles. The van der Waals surface area contributed by atoms with E-state index in [1.54, 1.807) is 7.11 Å². The molecule has 0 spiro atoms. The number of hydrogen-bond acceptors (Lipinski definition) is 4. The Morgan fingerprint density at radius 1 is 1.44 bits per heavy atom. The third kappa shape index (κ3) is 2.93. The highest BCUT2D eigenvalue weighted by molar-refractivity contribution is 5.28. The van der Waals surface area contributed by atoms with Gasteiger partial charge in [0.25, 0.3) is 0 Å². The minimum Gasteiger partial charge on any atom is -0.384 e. The van der Waals surface area contributed by atoms with Crippen molar-refractivity contribution in [1.29, 1.82) is 0 Å². The van der Waals surface area contributed by atoms with Crippen LogP contribution in [0.15, 0.2) is 18.2 Å². The van der Waals surface area contributed by atoms with E-state index < -0.39 is 0 Å². The third-order valence-electron chi connectivity index (χ3n) is 3.08. The highest BCUT2D eigenvalue weighted by Gasteiger charge is 2.18. The van der Waals surface area contributed by atoms with E-state index in [1.165, 1.54) is 0 Å². The molecule has 0 amide bonds. The van der Waals surface area contributed by atoms with E-state index in [2.05, 4.69) is 9.88 Å². The smallest absolute Gasteiger partial charge is 0.123 e. The van der Waals surface area contributed by atoms with Gasteiger partial charge in [0.15, 0.2) is 0 Å². The topological polar surface area (TPSA) is 51.4 Å². The predicted molar refractivity (Wildman–Crippen MR) is 64.0 cm³/mol. The fraction of sp³-hybridized carbons (Fsp3) is 0.583. The molecule has 0 aromatic carbocycles. The van der Waals surface area contributed by atoms with E-state index >= 15 is 0 Å². The first kappa shape index (κ1) is 11.4. The molecule has 4 nitrogen and oxygen atoms in total. The lowest BCUT2D eigenvalue weighted by molar-refractivity contribution is 0.0385. The zero-order chi connectivity index (χ0) is 11.4. The Labute approximate surface area is 96.4 Å². The lowest BCUT2D eigenvalue weighted by Crippen LogP contribution is -2.36. The van der Waals surface area contributed by atoms with Crippen molar-refractivity contribution in [3.8, 4) is 0 Å². The number of anilines is 1. The summed E-state index contributed by atoms with van der Waals surface area (Å²) in [5, 5.41) is 0. The molecular formula is C12H19N3O. The molecule has 88 valence electrons. The molecular weight excluding hydrogens is 202 g/mol. The predicted octanol–water partition coefficient (Wildman–Crippen LogP) is 1.27. The molecule has 0 atom stereocenters. The molecule has 1 aliphatic rings. The number of likely N-dealkylation sites (tertiary alicyclic amines) is 1. The standard InChI is InChI=1S/C12H19N3O/c1-16-11-5-7-15(8-6-11)9-10-3-2-4-12(13)14-10/h2-4,11H,5-9H2,1H3,(H2,13,14). The third-order valence-corrected chi connectivity index (χ3v) is 3.08. The van der Waals surface area contributed by atoms with Crippen molar-refractivity contribution in [2.45, 2.75) is 25.5 Å². The zero-order valence-corrected chi connectivity index (χ0v) is 9.72. The van der Waals surface area contributed by atoms with Crippen LogP contribution in [0.2, 0.25) is 0 Å². The van der Waals surface area contributed by atoms with Crippen molar-refractivity contribution in [3.05, 3.63) is 23.9 Å². The zero-order valence-electron chi connectivity index (χ0n) is 9.72. The maximum atomic E-state index is 5.66. The molecule has 0 radical (unpaired) electrons. The number of hydrogen-bond donors (Lipinski definition) is 1. The van der Waals surface area contributed by atoms with Crippen LogP contribution in [-0.2, 0) is 11.3 Å². The monoisotopic (exact) mass is 221 g/mol. The summed E-state index contributed by atoms with van der Waals surface area (Å²) in [5.41, 5.74) is 6.71. The van der Waals surface area contributed by atoms with Gasteiger partial charge in [-0.15, -0.1) is 0 Å². The summed E-state index contributed by atoms with van der Waals surface area (Å²) >= 11 is 0. The van der Waals surface area contributed by atoms with Gasteiger partial charge < -0.3 is 10.5 Å². The van der Waals surface area contributed by atoms with E-state index in [1.807, 2.05) is 18.2 Å². The first-order chi connectivity index (χ1) is 7.78. The molecule has 2 rings (SSSR count). The summed E-state index contributed by atoms with van der Waals surface area (Å²) in [6.07, 6.45) is 2.66. The fourth-order valence-corrected chi connectivity index (χ4v) is 2.12. The van der Waals surface area contributed by atoms with Crippen molar-refractivity contribution < 1.29 is 4.74 Å². The van der Waals surface area contributed by atoms with E-state index in [9.17, 15) is 0 Å². The molecule has 16 heavy (non-hydrogen) atoms. The van der Waals surface area contributed by atoms with Gasteiger partial charge in [0, 0.05) is 26.7 Å². The average Bonchev–Trinajstić information content (AvgIpc) is 2.30. The Morgan fingerprint density at radius 3 is 2.81 bits per heavy atom. The first-order valence-electron chi connectivity index (χ1n) is 5.74. The van der Waals surface area contributed by atoms with E-state index in [4.69, 9.17) is 10.5 Å². The van der Waals surface area contributed by atoms with Crippen LogP contribution in [0.25, 0.3) is 0 Å². The highest BCUT2D eigenvalue weighted by Crippen LogP contribution is 2.15. The van der Waals surface area contributed by atoms with Crippen LogP contribution < -0.4 is 5.73 Å². The van der Waals surface area contributed by atoms with E-state index in [0.717, 1.165) is 38.2 Å². The van der Waals surface area contributed by atoms with Crippen LogP contribution in [-0.4, -0.2) is 36.2 Å². The molecule has 0 saturated carbocycles. The Hall–Kier alpha value is -1.13. The molecule has 0 bridgehead atoms. The summed E-state index contributed by atoms with van der Waals surface area (Å²) in [5.74, 6) is 0.601. The number of methoxy groups -OCH3 is 1. The van der Waals surface area contributed by atoms with Crippen LogP contribution in [0.1, 0.15) is 18.5 Å². The van der Waals surface area contributed by atoms with Gasteiger partial charge in [-0.2, -0.15) is 0 Å². The van der Waals surface area contributed by atoms with Crippen molar-refractivity contribution in [2.75, 3.05) is 25.9 Å². The van der Waals surface area contributed by atoms with E-state index in [-0.39, 0.29) is 0 Å². The minimum atomic E-state index is 0.435. The normalized spacial score (nSPS) is 18.8. The van der Waals surface area contributed by atoms with Crippen LogP contribution in [0.3, 0.4) is 0 Å². The van der Waals surface area contributed by atoms with Crippen molar-refractivity contribution in [1.82, 2.24) is 9.88 Å². The summed E-state index contributed by atoms with van der Waals surface area (Å²) in [6, 6.07) is 5.80. The number of nitrogens with two attached hydrogens (primary N) is 1. The van der Waals surface area contributed by atoms with E-state index in [0.29, 0.717) is 11.9 Å². The molecule has 1 saturated heterocycles. The molecule has 2 heterocycles. The number of piperidine rings is 1. The van der Waals surface area contributed by atoms with Crippen molar-refractivity contribution in [3.63, 3.8) is 0 Å². The summed E-state index contributed by atoms with van der Waals surface area (Å²) in [7, 11) is 1.79. The number of nitrogen functional groups attached to an aromatic ring is 1. The first-order valence-corrected chi connectivity index (χ1v) is 5.74. The van der Waals surface area contributed by atoms with Gasteiger partial charge in [-0.3, -0.25) is 4.90 Å². The highest BCUT2D eigenvalue weighted by atomic mass is 16.5. The second-order valence-corrected chi connectivity index (χ2v) is 4.26. The number of pyridine rings is 1. The van der Waals surface area contributed by atoms with Gasteiger partial charge in [0.05, 0.1) is 11.8 Å². The van der Waals surface area contributed by atoms with Crippen LogP contribution in [0, 0.1) is 0 Å². The van der Waals surface area contributed by atoms with Gasteiger partial charge >= 0.3 is 0 Å². The maximum absolute atomic E-state index is 5.66. The van der Waals surface area contributed by atoms with Crippen LogP contribution in [0.5, 0.6) is 0 Å². The molecule has 0 aliphatic carbocycles. The van der Waals surface area contributed by atoms with Crippen molar-refractivity contribution in [2.24, 2.45) is 0 Å². The molecule has 4 heteroatoms. The largest absolute Gasteiger partial charge is 0.384 e. The molecule has 1 fully saturated rings. The van der Waals surface area contributed by atoms with Gasteiger partial charge in [-0.25, -0.2) is 4.98 Å². The lowest BCUT2D eigenvalue weighted by atomic mass is 10.1. The van der Waals surface area contributed by atoms with Crippen molar-refractivity contribution >= 4 is 5.82 Å². The summed E-state index contributed by atoms with van der Waals surface area (Å²) in [6.45, 7) is 3.05. The maximum Gasteiger partial charge on any atom is 0.123 e. The Morgan fingerprint density at radius 2 is 2.19 bits per heavy atom. The van der Waals surface area contributed by atoms with Gasteiger partial charge in [-0.05, 0) is 25.0 Å².